The molecule has 0 saturated carbocycles. The van der Waals surface area contributed by atoms with E-state index in [1.54, 1.807) is 0 Å². The average molecular weight is 350 g/mol. The molecular formula is C14H20F6O3. The average Bonchev–Trinajstić information content (AvgIpc) is 2.21. The molecule has 136 valence electrons. The van der Waals surface area contributed by atoms with Gasteiger partial charge in [0.05, 0.1) is 0 Å². The van der Waals surface area contributed by atoms with Gasteiger partial charge in [0.25, 0.3) is 0 Å². The van der Waals surface area contributed by atoms with Crippen LogP contribution in [0.5, 0.6) is 0 Å². The lowest BCUT2D eigenvalue weighted by atomic mass is 9.80. The smallest absolute Gasteiger partial charge is 0.299 e. The lowest BCUT2D eigenvalue weighted by Crippen LogP contribution is -2.39. The van der Waals surface area contributed by atoms with Gasteiger partial charge in [0.15, 0.2) is 0 Å². The molecule has 0 aliphatic heterocycles. The van der Waals surface area contributed by atoms with Crippen molar-refractivity contribution in [2.75, 3.05) is 0 Å². The Balaban J connectivity index is 0. The van der Waals surface area contributed by atoms with E-state index < -0.39 is 23.9 Å². The second kappa shape index (κ2) is 7.44. The molecule has 0 aromatic rings. The Bertz CT molecular complexity index is 423. The summed E-state index contributed by atoms with van der Waals surface area (Å²) in [5.74, 6) is -6.46. The van der Waals surface area contributed by atoms with Crippen LogP contribution < -0.4 is 0 Å². The maximum Gasteiger partial charge on any atom is 0.458 e. The van der Waals surface area contributed by atoms with E-state index in [1.165, 1.54) is 0 Å². The van der Waals surface area contributed by atoms with Crippen LogP contribution in [0.4, 0.5) is 26.3 Å². The van der Waals surface area contributed by atoms with Crippen LogP contribution in [0.1, 0.15) is 48.0 Å². The summed E-state index contributed by atoms with van der Waals surface area (Å²) in [6, 6.07) is 0. The molecule has 0 spiro atoms. The lowest BCUT2D eigenvalue weighted by molar-refractivity contribution is -0.193. The highest BCUT2D eigenvalue weighted by Crippen LogP contribution is 2.26. The minimum absolute atomic E-state index is 0.129. The highest BCUT2D eigenvalue weighted by molar-refractivity contribution is 6.41. The minimum Gasteiger partial charge on any atom is -0.299 e. The first kappa shape index (κ1) is 23.9. The van der Waals surface area contributed by atoms with Crippen molar-refractivity contribution in [1.82, 2.24) is 0 Å². The van der Waals surface area contributed by atoms with Crippen molar-refractivity contribution in [3.05, 3.63) is 0 Å². The van der Waals surface area contributed by atoms with E-state index >= 15 is 0 Å². The number of hydrogen-bond donors (Lipinski definition) is 0. The molecule has 0 bridgehead atoms. The van der Waals surface area contributed by atoms with E-state index in [0.29, 0.717) is 12.2 Å². The van der Waals surface area contributed by atoms with Crippen LogP contribution in [0, 0.1) is 10.8 Å². The van der Waals surface area contributed by atoms with Crippen molar-refractivity contribution in [2.24, 2.45) is 10.8 Å². The maximum absolute atomic E-state index is 11.5. The van der Waals surface area contributed by atoms with Crippen LogP contribution in [0.3, 0.4) is 0 Å². The standard InChI is InChI=1S/C10H20O.C4F6O2/c1-9(2,3)7-8(11)10(4,5)6;5-3(6,7)1(11)2(12)4(8,9)10/h7H2,1-6H3;. The predicted octanol–water partition coefficient (Wildman–Crippen LogP) is 4.29. The van der Waals surface area contributed by atoms with Crippen molar-refractivity contribution in [3.8, 4) is 0 Å². The number of alkyl halides is 6. The SMILES string of the molecule is CC(C)(C)CC(=O)C(C)(C)C.O=C(C(=O)C(F)(F)F)C(F)(F)F. The number of hydrogen-bond acceptors (Lipinski definition) is 3. The number of rotatable bonds is 2. The summed E-state index contributed by atoms with van der Waals surface area (Å²) < 4.78 is 67.0. The van der Waals surface area contributed by atoms with Gasteiger partial charge in [0.1, 0.15) is 5.78 Å². The molecule has 0 N–H and O–H groups in total. The molecule has 9 heteroatoms. The monoisotopic (exact) mass is 350 g/mol. The Morgan fingerprint density at radius 1 is 0.652 bits per heavy atom. The molecule has 0 aromatic heterocycles. The number of ketones is 3. The van der Waals surface area contributed by atoms with Gasteiger partial charge in [-0.05, 0) is 5.41 Å². The van der Waals surface area contributed by atoms with Crippen molar-refractivity contribution < 1.29 is 40.7 Å². The summed E-state index contributed by atoms with van der Waals surface area (Å²) in [6.45, 7) is 12.2. The number of Topliss-reactive ketones (excluding diaryl/α,β-unsaturated/α-hetero) is 3. The molecule has 0 radical (unpaired) electrons. The first-order chi connectivity index (χ1) is 9.69. The van der Waals surface area contributed by atoms with Gasteiger partial charge < -0.3 is 0 Å². The van der Waals surface area contributed by atoms with Crippen LogP contribution in [-0.2, 0) is 14.4 Å². The maximum atomic E-state index is 11.5. The summed E-state index contributed by atoms with van der Waals surface area (Å²) in [4.78, 5) is 30.7. The third-order valence-electron chi connectivity index (χ3n) is 2.25. The summed E-state index contributed by atoms with van der Waals surface area (Å²) >= 11 is 0. The quantitative estimate of drug-likeness (QED) is 0.551. The fourth-order valence-electron chi connectivity index (χ4n) is 1.00. The van der Waals surface area contributed by atoms with E-state index in [9.17, 15) is 40.7 Å². The Kier molecular flexibility index (Phi) is 7.71. The Morgan fingerprint density at radius 2 is 0.913 bits per heavy atom. The zero-order valence-corrected chi connectivity index (χ0v) is 13.7. The first-order valence-electron chi connectivity index (χ1n) is 6.45. The second-order valence-corrected chi connectivity index (χ2v) is 7.06. The summed E-state index contributed by atoms with van der Waals surface area (Å²) in [5.41, 5.74) is -0.0440. The van der Waals surface area contributed by atoms with Crippen LogP contribution in [0.15, 0.2) is 0 Å². The van der Waals surface area contributed by atoms with E-state index in [4.69, 9.17) is 0 Å². The zero-order chi connectivity index (χ0) is 19.4. The molecule has 0 aromatic carbocycles. The van der Waals surface area contributed by atoms with Gasteiger partial charge in [0.2, 0.25) is 0 Å². The third-order valence-corrected chi connectivity index (χ3v) is 2.25. The van der Waals surface area contributed by atoms with Gasteiger partial charge in [-0.3, -0.25) is 14.4 Å². The summed E-state index contributed by atoms with van der Waals surface area (Å²) in [5, 5.41) is 0. The first-order valence-corrected chi connectivity index (χ1v) is 6.45. The molecule has 3 nitrogen and oxygen atoms in total. The predicted molar refractivity (Wildman–Crippen MR) is 70.7 cm³/mol. The van der Waals surface area contributed by atoms with Gasteiger partial charge in [-0.1, -0.05) is 41.5 Å². The Labute approximate surface area is 130 Å². The molecule has 0 aliphatic carbocycles. The lowest BCUT2D eigenvalue weighted by Gasteiger charge is -2.23. The molecule has 0 amide bonds. The van der Waals surface area contributed by atoms with Crippen molar-refractivity contribution in [1.29, 1.82) is 0 Å². The topological polar surface area (TPSA) is 51.2 Å². The largest absolute Gasteiger partial charge is 0.458 e. The van der Waals surface area contributed by atoms with Gasteiger partial charge in [0, 0.05) is 11.8 Å². The Hall–Kier alpha value is -1.41. The molecule has 23 heavy (non-hydrogen) atoms. The third kappa shape index (κ3) is 10.9. The van der Waals surface area contributed by atoms with Gasteiger partial charge >= 0.3 is 23.9 Å². The molecule has 0 heterocycles. The summed E-state index contributed by atoms with van der Waals surface area (Å²) in [6.07, 6.45) is -10.9. The molecule has 0 fully saturated rings. The minimum atomic E-state index is -5.77. The molecule has 0 saturated heterocycles. The number of carbonyl (C=O) groups is 3. The van der Waals surface area contributed by atoms with E-state index in [0.717, 1.165) is 0 Å². The highest BCUT2D eigenvalue weighted by atomic mass is 19.4. The van der Waals surface area contributed by atoms with Crippen LogP contribution in [-0.4, -0.2) is 29.7 Å². The molecular weight excluding hydrogens is 330 g/mol. The van der Waals surface area contributed by atoms with Crippen molar-refractivity contribution in [3.63, 3.8) is 0 Å². The van der Waals surface area contributed by atoms with E-state index in [-0.39, 0.29) is 10.8 Å². The van der Waals surface area contributed by atoms with Crippen LogP contribution in [0.2, 0.25) is 0 Å². The zero-order valence-electron chi connectivity index (χ0n) is 13.7. The van der Waals surface area contributed by atoms with Gasteiger partial charge in [-0.15, -0.1) is 0 Å². The molecule has 0 aliphatic rings. The van der Waals surface area contributed by atoms with Crippen LogP contribution in [0.25, 0.3) is 0 Å². The summed E-state index contributed by atoms with van der Waals surface area (Å²) in [7, 11) is 0. The highest BCUT2D eigenvalue weighted by Gasteiger charge is 2.54. The normalized spacial score (nSPS) is 13.0. The van der Waals surface area contributed by atoms with E-state index in [1.807, 2.05) is 20.8 Å². The Morgan fingerprint density at radius 3 is 1.00 bits per heavy atom. The molecule has 0 atom stereocenters. The number of carbonyl (C=O) groups excluding carboxylic acids is 3. The molecule has 0 rings (SSSR count). The van der Waals surface area contributed by atoms with Gasteiger partial charge in [-0.2, -0.15) is 26.3 Å². The van der Waals surface area contributed by atoms with Crippen molar-refractivity contribution >= 4 is 17.3 Å². The second-order valence-electron chi connectivity index (χ2n) is 7.06. The van der Waals surface area contributed by atoms with E-state index in [2.05, 4.69) is 20.8 Å². The fourth-order valence-corrected chi connectivity index (χ4v) is 1.00. The van der Waals surface area contributed by atoms with Gasteiger partial charge in [-0.25, -0.2) is 0 Å². The number of halogens is 6. The fraction of sp³-hybridized carbons (Fsp3) is 0.786. The van der Waals surface area contributed by atoms with Crippen LogP contribution >= 0.6 is 0 Å². The molecule has 0 unspecified atom stereocenters. The van der Waals surface area contributed by atoms with Crippen molar-refractivity contribution in [2.45, 2.75) is 60.3 Å².